The number of amides is 1. The Kier molecular flexibility index (Phi) is 7.16. The Morgan fingerprint density at radius 2 is 2.12 bits per heavy atom. The molecule has 0 aliphatic carbocycles. The molecule has 0 saturated carbocycles. The van der Waals surface area contributed by atoms with Crippen molar-refractivity contribution in [3.63, 3.8) is 0 Å². The van der Waals surface area contributed by atoms with Crippen LogP contribution in [0.1, 0.15) is 12.8 Å². The van der Waals surface area contributed by atoms with Crippen LogP contribution in [0.15, 0.2) is 12.7 Å². The fourth-order valence-corrected chi connectivity index (χ4v) is 0.940. The normalized spacial score (nSPS) is 11.1. The van der Waals surface area contributed by atoms with E-state index >= 15 is 0 Å². The molecule has 0 saturated heterocycles. The third-order valence-corrected chi connectivity index (χ3v) is 1.79. The highest BCUT2D eigenvalue weighted by atomic mass is 16.5. The molecule has 0 aromatic heterocycles. The number of carbonyl (C=O) groups excluding carboxylic acids is 2. The number of carboxylic acid groups (broad SMARTS) is 1. The first kappa shape index (κ1) is 14.9. The molecule has 96 valence electrons. The van der Waals surface area contributed by atoms with E-state index in [0.717, 1.165) is 0 Å². The Hall–Kier alpha value is -2.05. The molecule has 0 spiro atoms. The summed E-state index contributed by atoms with van der Waals surface area (Å²) in [5.74, 6) is -1.79. The number of rotatable bonds is 7. The molecule has 17 heavy (non-hydrogen) atoms. The predicted octanol–water partition coefficient (Wildman–Crippen LogP) is 0.305. The molecule has 7 heteroatoms. The summed E-state index contributed by atoms with van der Waals surface area (Å²) in [4.78, 5) is 32.7. The number of hydrogen-bond acceptors (Lipinski definition) is 5. The average molecular weight is 245 g/mol. The highest BCUT2D eigenvalue weighted by molar-refractivity contribution is 5.80. The minimum absolute atomic E-state index is 0.0187. The van der Waals surface area contributed by atoms with Crippen LogP contribution in [0, 0.1) is 0 Å². The van der Waals surface area contributed by atoms with Crippen molar-refractivity contribution in [1.82, 2.24) is 5.32 Å². The van der Waals surface area contributed by atoms with E-state index in [0.29, 0.717) is 0 Å². The van der Waals surface area contributed by atoms with E-state index < -0.39 is 24.1 Å². The number of nitrogens with one attached hydrogen (secondary N) is 1. The predicted molar refractivity (Wildman–Crippen MR) is 57.4 cm³/mol. The van der Waals surface area contributed by atoms with Gasteiger partial charge in [-0.15, -0.1) is 0 Å². The number of methoxy groups -OCH3 is 1. The minimum atomic E-state index is -1.25. The number of esters is 1. The van der Waals surface area contributed by atoms with Gasteiger partial charge in [-0.1, -0.05) is 12.7 Å². The molecule has 0 bridgehead atoms. The number of alkyl carbamates (subject to hydrolysis) is 1. The molecule has 1 atom stereocenters. The van der Waals surface area contributed by atoms with Crippen LogP contribution in [0.2, 0.25) is 0 Å². The molecule has 0 radical (unpaired) electrons. The van der Waals surface area contributed by atoms with Gasteiger partial charge in [-0.25, -0.2) is 9.59 Å². The van der Waals surface area contributed by atoms with Gasteiger partial charge in [0.1, 0.15) is 12.6 Å². The fourth-order valence-electron chi connectivity index (χ4n) is 0.940. The molecular formula is C10H15NO6. The third kappa shape index (κ3) is 6.93. The van der Waals surface area contributed by atoms with Gasteiger partial charge in [-0.3, -0.25) is 4.79 Å². The average Bonchev–Trinajstić information content (AvgIpc) is 2.30. The molecule has 0 fully saturated rings. The van der Waals surface area contributed by atoms with Crippen molar-refractivity contribution < 1.29 is 29.0 Å². The molecule has 0 rings (SSSR count). The first-order valence-corrected chi connectivity index (χ1v) is 4.85. The summed E-state index contributed by atoms with van der Waals surface area (Å²) < 4.78 is 8.92. The van der Waals surface area contributed by atoms with Crippen LogP contribution in [-0.4, -0.2) is 42.9 Å². The molecule has 2 N–H and O–H groups in total. The molecular weight excluding hydrogens is 230 g/mol. The standard InChI is InChI=1S/C10H15NO6/c1-3-6-17-10(15)11-7(9(13)14)4-5-8(12)16-2/h3,7H,1,4-6H2,2H3,(H,11,15)(H,13,14). The molecule has 1 unspecified atom stereocenters. The maximum atomic E-state index is 11.1. The SMILES string of the molecule is C=CCOC(=O)NC(CCC(=O)OC)C(=O)O. The first-order valence-electron chi connectivity index (χ1n) is 4.85. The minimum Gasteiger partial charge on any atom is -0.480 e. The van der Waals surface area contributed by atoms with E-state index in [-0.39, 0.29) is 19.4 Å². The zero-order valence-electron chi connectivity index (χ0n) is 9.47. The van der Waals surface area contributed by atoms with Crippen molar-refractivity contribution in [3.8, 4) is 0 Å². The van der Waals surface area contributed by atoms with Gasteiger partial charge in [-0.2, -0.15) is 0 Å². The van der Waals surface area contributed by atoms with E-state index in [2.05, 4.69) is 21.4 Å². The Morgan fingerprint density at radius 3 is 2.59 bits per heavy atom. The summed E-state index contributed by atoms with van der Waals surface area (Å²) in [6.45, 7) is 3.32. The van der Waals surface area contributed by atoms with Gasteiger partial charge >= 0.3 is 18.0 Å². The number of aliphatic carboxylic acids is 1. The van der Waals surface area contributed by atoms with Gasteiger partial charge in [0.2, 0.25) is 0 Å². The summed E-state index contributed by atoms with van der Waals surface area (Å²) in [7, 11) is 1.20. The largest absolute Gasteiger partial charge is 0.480 e. The smallest absolute Gasteiger partial charge is 0.408 e. The van der Waals surface area contributed by atoms with E-state index in [1.807, 2.05) is 0 Å². The summed E-state index contributed by atoms with van der Waals surface area (Å²) >= 11 is 0. The second kappa shape index (κ2) is 8.14. The van der Waals surface area contributed by atoms with Crippen LogP contribution in [-0.2, 0) is 19.1 Å². The Balaban J connectivity index is 4.15. The van der Waals surface area contributed by atoms with Gasteiger partial charge in [0.05, 0.1) is 7.11 Å². The monoisotopic (exact) mass is 245 g/mol. The molecule has 0 aliphatic heterocycles. The van der Waals surface area contributed by atoms with Crippen LogP contribution < -0.4 is 5.32 Å². The number of carbonyl (C=O) groups is 3. The van der Waals surface area contributed by atoms with Crippen molar-refractivity contribution >= 4 is 18.0 Å². The van der Waals surface area contributed by atoms with Gasteiger partial charge in [0.25, 0.3) is 0 Å². The third-order valence-electron chi connectivity index (χ3n) is 1.79. The Morgan fingerprint density at radius 1 is 1.47 bits per heavy atom. The van der Waals surface area contributed by atoms with E-state index in [9.17, 15) is 14.4 Å². The molecule has 0 heterocycles. The summed E-state index contributed by atoms with van der Waals surface area (Å²) in [5.41, 5.74) is 0. The topological polar surface area (TPSA) is 102 Å². The molecule has 1 amide bonds. The molecule has 0 aromatic carbocycles. The van der Waals surface area contributed by atoms with Crippen LogP contribution in [0.3, 0.4) is 0 Å². The maximum absolute atomic E-state index is 11.1. The van der Waals surface area contributed by atoms with Crippen molar-refractivity contribution in [1.29, 1.82) is 0 Å². The summed E-state index contributed by atoms with van der Waals surface area (Å²) in [6, 6.07) is -1.19. The van der Waals surface area contributed by atoms with E-state index in [1.54, 1.807) is 0 Å². The van der Waals surface area contributed by atoms with Crippen LogP contribution >= 0.6 is 0 Å². The lowest BCUT2D eigenvalue weighted by atomic mass is 10.1. The number of ether oxygens (including phenoxy) is 2. The summed E-state index contributed by atoms with van der Waals surface area (Å²) in [6.07, 6.45) is 0.312. The lowest BCUT2D eigenvalue weighted by Crippen LogP contribution is -2.41. The molecule has 0 aromatic rings. The second-order valence-electron chi connectivity index (χ2n) is 3.04. The first-order chi connectivity index (χ1) is 8.01. The second-order valence-corrected chi connectivity index (χ2v) is 3.04. The van der Waals surface area contributed by atoms with Crippen molar-refractivity contribution in [3.05, 3.63) is 12.7 Å². The number of hydrogen-bond donors (Lipinski definition) is 2. The zero-order chi connectivity index (χ0) is 13.3. The van der Waals surface area contributed by atoms with Crippen LogP contribution in [0.4, 0.5) is 4.79 Å². The lowest BCUT2D eigenvalue weighted by Gasteiger charge is -2.13. The van der Waals surface area contributed by atoms with Crippen LogP contribution in [0.25, 0.3) is 0 Å². The highest BCUT2D eigenvalue weighted by Crippen LogP contribution is 2.00. The maximum Gasteiger partial charge on any atom is 0.408 e. The quantitative estimate of drug-likeness (QED) is 0.494. The van der Waals surface area contributed by atoms with Crippen LogP contribution in [0.5, 0.6) is 0 Å². The molecule has 7 nitrogen and oxygen atoms in total. The Bertz CT molecular complexity index is 301. The van der Waals surface area contributed by atoms with E-state index in [4.69, 9.17) is 5.11 Å². The van der Waals surface area contributed by atoms with Crippen molar-refractivity contribution in [2.24, 2.45) is 0 Å². The summed E-state index contributed by atoms with van der Waals surface area (Å²) in [5, 5.41) is 10.9. The van der Waals surface area contributed by atoms with Gasteiger partial charge < -0.3 is 19.9 Å². The lowest BCUT2D eigenvalue weighted by molar-refractivity contribution is -0.142. The number of carboxylic acids is 1. The fraction of sp³-hybridized carbons (Fsp3) is 0.500. The van der Waals surface area contributed by atoms with Gasteiger partial charge in [-0.05, 0) is 6.42 Å². The van der Waals surface area contributed by atoms with E-state index in [1.165, 1.54) is 13.2 Å². The van der Waals surface area contributed by atoms with Crippen molar-refractivity contribution in [2.45, 2.75) is 18.9 Å². The molecule has 0 aliphatic rings. The van der Waals surface area contributed by atoms with Gasteiger partial charge in [0, 0.05) is 6.42 Å². The highest BCUT2D eigenvalue weighted by Gasteiger charge is 2.21. The van der Waals surface area contributed by atoms with Gasteiger partial charge in [0.15, 0.2) is 0 Å². The zero-order valence-corrected chi connectivity index (χ0v) is 9.47. The Labute approximate surface area is 98.4 Å². The van der Waals surface area contributed by atoms with Crippen molar-refractivity contribution in [2.75, 3.05) is 13.7 Å².